The topological polar surface area (TPSA) is 81.7 Å². The summed E-state index contributed by atoms with van der Waals surface area (Å²) in [5.74, 6) is -1.07. The van der Waals surface area contributed by atoms with Crippen molar-refractivity contribution in [2.75, 3.05) is 13.7 Å². The van der Waals surface area contributed by atoms with Crippen molar-refractivity contribution in [3.8, 4) is 0 Å². The van der Waals surface area contributed by atoms with Crippen LogP contribution in [0.25, 0.3) is 0 Å². The van der Waals surface area contributed by atoms with Crippen LogP contribution in [0.15, 0.2) is 24.3 Å². The molecule has 1 N–H and O–H groups in total. The molecule has 0 saturated carbocycles. The molecule has 0 saturated heterocycles. The Morgan fingerprint density at radius 2 is 1.64 bits per heavy atom. The van der Waals surface area contributed by atoms with Crippen LogP contribution in [0.3, 0.4) is 0 Å². The van der Waals surface area contributed by atoms with E-state index in [4.69, 9.17) is 4.74 Å². The minimum atomic E-state index is -0.749. The van der Waals surface area contributed by atoms with Gasteiger partial charge in [-0.15, -0.1) is 0 Å². The van der Waals surface area contributed by atoms with E-state index in [9.17, 15) is 14.4 Å². The number of amides is 1. The van der Waals surface area contributed by atoms with Crippen molar-refractivity contribution in [3.05, 3.63) is 35.4 Å². The van der Waals surface area contributed by atoms with E-state index in [0.29, 0.717) is 17.9 Å². The zero-order valence-corrected chi connectivity index (χ0v) is 15.5. The van der Waals surface area contributed by atoms with E-state index in [1.807, 2.05) is 26.0 Å². The monoisotopic (exact) mass is 349 g/mol. The summed E-state index contributed by atoms with van der Waals surface area (Å²) < 4.78 is 9.68. The molecule has 6 heteroatoms. The normalized spacial score (nSPS) is 12.0. The number of hydrogen-bond acceptors (Lipinski definition) is 5. The molecule has 0 heterocycles. The highest BCUT2D eigenvalue weighted by atomic mass is 16.5. The third kappa shape index (κ3) is 6.95. The van der Waals surface area contributed by atoms with Crippen molar-refractivity contribution in [1.29, 1.82) is 0 Å². The zero-order valence-electron chi connectivity index (χ0n) is 15.5. The molecule has 1 aromatic rings. The van der Waals surface area contributed by atoms with Crippen molar-refractivity contribution in [3.63, 3.8) is 0 Å². The molecule has 0 aliphatic rings. The number of carbonyl (C=O) groups excluding carboxylic acids is 3. The molecule has 0 aliphatic carbocycles. The van der Waals surface area contributed by atoms with Crippen LogP contribution in [0.1, 0.15) is 56.0 Å². The van der Waals surface area contributed by atoms with Gasteiger partial charge in [0.25, 0.3) is 5.91 Å². The maximum Gasteiger partial charge on any atom is 0.338 e. The summed E-state index contributed by atoms with van der Waals surface area (Å²) >= 11 is 0. The van der Waals surface area contributed by atoms with E-state index in [0.717, 1.165) is 5.56 Å². The molecule has 25 heavy (non-hydrogen) atoms. The van der Waals surface area contributed by atoms with Gasteiger partial charge in [0.2, 0.25) is 0 Å². The Kier molecular flexibility index (Phi) is 8.11. The SMILES string of the molecule is COC(=O)[C@@H](CC(C)C)NC(=O)COC(=O)c1ccc(C(C)C)cc1. The van der Waals surface area contributed by atoms with Gasteiger partial charge in [-0.2, -0.15) is 0 Å². The summed E-state index contributed by atoms with van der Waals surface area (Å²) in [6.07, 6.45) is 0.447. The van der Waals surface area contributed by atoms with Crippen molar-refractivity contribution in [1.82, 2.24) is 5.32 Å². The van der Waals surface area contributed by atoms with E-state index in [1.54, 1.807) is 12.1 Å². The first-order valence-electron chi connectivity index (χ1n) is 8.38. The molecule has 0 aromatic heterocycles. The number of nitrogens with one attached hydrogen (secondary N) is 1. The number of carbonyl (C=O) groups is 3. The van der Waals surface area contributed by atoms with Crippen molar-refractivity contribution in [2.45, 2.75) is 46.1 Å². The van der Waals surface area contributed by atoms with Crippen LogP contribution in [0, 0.1) is 5.92 Å². The molecule has 1 atom stereocenters. The molecule has 0 spiro atoms. The van der Waals surface area contributed by atoms with Crippen LogP contribution in [-0.4, -0.2) is 37.6 Å². The molecule has 0 fully saturated rings. The summed E-state index contributed by atoms with van der Waals surface area (Å²) in [5, 5.41) is 2.54. The van der Waals surface area contributed by atoms with Gasteiger partial charge in [0.1, 0.15) is 6.04 Å². The molecule has 0 bridgehead atoms. The lowest BCUT2D eigenvalue weighted by Gasteiger charge is -2.18. The van der Waals surface area contributed by atoms with Gasteiger partial charge in [-0.1, -0.05) is 39.8 Å². The number of rotatable bonds is 8. The minimum absolute atomic E-state index is 0.200. The molecule has 0 unspecified atom stereocenters. The van der Waals surface area contributed by atoms with Gasteiger partial charge in [-0.25, -0.2) is 9.59 Å². The van der Waals surface area contributed by atoms with E-state index in [1.165, 1.54) is 7.11 Å². The third-order valence-corrected chi connectivity index (χ3v) is 3.68. The highest BCUT2D eigenvalue weighted by molar-refractivity contribution is 5.92. The van der Waals surface area contributed by atoms with Crippen LogP contribution < -0.4 is 5.32 Å². The van der Waals surface area contributed by atoms with E-state index < -0.39 is 30.5 Å². The number of benzene rings is 1. The molecular formula is C19H27NO5. The predicted molar refractivity (Wildman–Crippen MR) is 94.2 cm³/mol. The second-order valence-electron chi connectivity index (χ2n) is 6.63. The molecule has 1 aromatic carbocycles. The first kappa shape index (κ1) is 20.7. The van der Waals surface area contributed by atoms with Crippen LogP contribution in [0.4, 0.5) is 0 Å². The Labute approximate surface area is 148 Å². The van der Waals surface area contributed by atoms with Gasteiger partial charge < -0.3 is 14.8 Å². The first-order chi connectivity index (χ1) is 11.7. The van der Waals surface area contributed by atoms with E-state index in [-0.39, 0.29) is 5.92 Å². The molecule has 138 valence electrons. The van der Waals surface area contributed by atoms with Gasteiger partial charge in [-0.3, -0.25) is 4.79 Å². The summed E-state index contributed by atoms with van der Waals surface area (Å²) in [7, 11) is 1.27. The van der Waals surface area contributed by atoms with Crippen molar-refractivity contribution in [2.24, 2.45) is 5.92 Å². The number of methoxy groups -OCH3 is 1. The largest absolute Gasteiger partial charge is 0.467 e. The summed E-state index contributed by atoms with van der Waals surface area (Å²) in [4.78, 5) is 35.6. The van der Waals surface area contributed by atoms with Gasteiger partial charge in [0.05, 0.1) is 12.7 Å². The van der Waals surface area contributed by atoms with Crippen LogP contribution in [0.5, 0.6) is 0 Å². The number of esters is 2. The van der Waals surface area contributed by atoms with E-state index >= 15 is 0 Å². The molecule has 6 nitrogen and oxygen atoms in total. The standard InChI is InChI=1S/C19H27NO5/c1-12(2)10-16(19(23)24-5)20-17(21)11-25-18(22)15-8-6-14(7-9-15)13(3)4/h6-9,12-13,16H,10-11H2,1-5H3,(H,20,21)/t16-/m1/s1. The van der Waals surface area contributed by atoms with Gasteiger partial charge in [0.15, 0.2) is 6.61 Å². The van der Waals surface area contributed by atoms with Gasteiger partial charge >= 0.3 is 11.9 Å². The summed E-state index contributed by atoms with van der Waals surface area (Å²) in [6.45, 7) is 7.54. The van der Waals surface area contributed by atoms with Crippen LogP contribution >= 0.6 is 0 Å². The van der Waals surface area contributed by atoms with Crippen LogP contribution in [0.2, 0.25) is 0 Å². The average molecular weight is 349 g/mol. The molecule has 0 aliphatic heterocycles. The third-order valence-electron chi connectivity index (χ3n) is 3.68. The molecule has 1 rings (SSSR count). The fourth-order valence-electron chi connectivity index (χ4n) is 2.28. The fraction of sp³-hybridized carbons (Fsp3) is 0.526. The first-order valence-corrected chi connectivity index (χ1v) is 8.38. The lowest BCUT2D eigenvalue weighted by Crippen LogP contribution is -2.44. The second kappa shape index (κ2) is 9.81. The lowest BCUT2D eigenvalue weighted by molar-refractivity contribution is -0.145. The van der Waals surface area contributed by atoms with Crippen molar-refractivity contribution < 1.29 is 23.9 Å². The van der Waals surface area contributed by atoms with Gasteiger partial charge in [-0.05, 0) is 36.0 Å². The highest BCUT2D eigenvalue weighted by Crippen LogP contribution is 2.15. The number of hydrogen-bond donors (Lipinski definition) is 1. The zero-order chi connectivity index (χ0) is 19.0. The Hall–Kier alpha value is -2.37. The lowest BCUT2D eigenvalue weighted by atomic mass is 10.0. The maximum atomic E-state index is 12.0. The number of ether oxygens (including phenoxy) is 2. The predicted octanol–water partition coefficient (Wildman–Crippen LogP) is 2.67. The Morgan fingerprint density at radius 3 is 2.12 bits per heavy atom. The molecule has 0 radical (unpaired) electrons. The quantitative estimate of drug-likeness (QED) is 0.730. The average Bonchev–Trinajstić information content (AvgIpc) is 2.58. The van der Waals surface area contributed by atoms with Crippen LogP contribution in [-0.2, 0) is 19.1 Å². The summed E-state index contributed by atoms with van der Waals surface area (Å²) in [5.41, 5.74) is 1.49. The highest BCUT2D eigenvalue weighted by Gasteiger charge is 2.23. The Balaban J connectivity index is 2.56. The molecule has 1 amide bonds. The maximum absolute atomic E-state index is 12.0. The smallest absolute Gasteiger partial charge is 0.338 e. The second-order valence-corrected chi connectivity index (χ2v) is 6.63. The molecular weight excluding hydrogens is 322 g/mol. The fourth-order valence-corrected chi connectivity index (χ4v) is 2.28. The Morgan fingerprint density at radius 1 is 1.04 bits per heavy atom. The Bertz CT molecular complexity index is 592. The van der Waals surface area contributed by atoms with E-state index in [2.05, 4.69) is 23.9 Å². The summed E-state index contributed by atoms with van der Waals surface area (Å²) in [6, 6.07) is 6.31. The van der Waals surface area contributed by atoms with Crippen molar-refractivity contribution >= 4 is 17.8 Å². The van der Waals surface area contributed by atoms with Gasteiger partial charge in [0, 0.05) is 0 Å². The minimum Gasteiger partial charge on any atom is -0.467 e.